The average Bonchev–Trinajstić information content (AvgIpc) is 2.95. The molecule has 0 aliphatic heterocycles. The number of carbonyl (C=O) groups is 1. The Morgan fingerprint density at radius 3 is 2.74 bits per heavy atom. The van der Waals surface area contributed by atoms with Gasteiger partial charge in [-0.1, -0.05) is 12.1 Å². The number of nitrogens with one attached hydrogen (secondary N) is 1. The van der Waals surface area contributed by atoms with Crippen molar-refractivity contribution in [1.29, 1.82) is 0 Å². The number of ether oxygens (including phenoxy) is 2. The Morgan fingerprint density at radius 1 is 1.22 bits per heavy atom. The molecule has 0 saturated heterocycles. The summed E-state index contributed by atoms with van der Waals surface area (Å²) in [4.78, 5) is 23.6. The lowest BCUT2D eigenvalue weighted by Crippen LogP contribution is -2.09. The number of nitrogens with zero attached hydrogens (tertiary/aromatic N) is 2. The van der Waals surface area contributed by atoms with E-state index in [0.717, 1.165) is 11.0 Å². The van der Waals surface area contributed by atoms with Gasteiger partial charge in [0.2, 0.25) is 5.88 Å². The highest BCUT2D eigenvalue weighted by Gasteiger charge is 2.10. The van der Waals surface area contributed by atoms with Crippen LogP contribution < -0.4 is 4.74 Å². The van der Waals surface area contributed by atoms with Crippen molar-refractivity contribution in [3.63, 3.8) is 0 Å². The van der Waals surface area contributed by atoms with Crippen LogP contribution in [-0.2, 0) is 11.3 Å². The molecular weight excluding hydrogens is 294 g/mol. The Bertz CT molecular complexity index is 776. The fourth-order valence-electron chi connectivity index (χ4n) is 2.10. The Labute approximate surface area is 133 Å². The van der Waals surface area contributed by atoms with Gasteiger partial charge in [-0.15, -0.1) is 0 Å². The highest BCUT2D eigenvalue weighted by atomic mass is 16.5. The SMILES string of the molecule is CC(C)Oc1ccc(C(=O)OCc2nc3ccccc3[nH]2)cn1. The van der Waals surface area contributed by atoms with Crippen LogP contribution in [0.3, 0.4) is 0 Å². The zero-order valence-electron chi connectivity index (χ0n) is 12.9. The first-order valence-corrected chi connectivity index (χ1v) is 7.35. The lowest BCUT2D eigenvalue weighted by molar-refractivity contribution is 0.0463. The van der Waals surface area contributed by atoms with Crippen LogP contribution in [0.5, 0.6) is 5.88 Å². The number of para-hydroxylation sites is 2. The summed E-state index contributed by atoms with van der Waals surface area (Å²) in [6.07, 6.45) is 1.48. The van der Waals surface area contributed by atoms with Crippen LogP contribution in [0.4, 0.5) is 0 Å². The van der Waals surface area contributed by atoms with Gasteiger partial charge in [0.25, 0.3) is 0 Å². The first kappa shape index (κ1) is 15.0. The van der Waals surface area contributed by atoms with Gasteiger partial charge >= 0.3 is 5.97 Å². The number of aromatic nitrogens is 3. The summed E-state index contributed by atoms with van der Waals surface area (Å²) in [5, 5.41) is 0. The normalized spacial score (nSPS) is 10.9. The fraction of sp³-hybridized carbons (Fsp3) is 0.235. The summed E-state index contributed by atoms with van der Waals surface area (Å²) in [6, 6.07) is 10.9. The number of fused-ring (bicyclic) bond motifs is 1. The number of esters is 1. The molecule has 3 aromatic rings. The van der Waals surface area contributed by atoms with Crippen molar-refractivity contribution in [3.8, 4) is 5.88 Å². The van der Waals surface area contributed by atoms with E-state index in [1.165, 1.54) is 6.20 Å². The zero-order chi connectivity index (χ0) is 16.2. The van der Waals surface area contributed by atoms with Crippen LogP contribution in [0.25, 0.3) is 11.0 Å². The van der Waals surface area contributed by atoms with Crippen LogP contribution in [0.15, 0.2) is 42.6 Å². The third-order valence-corrected chi connectivity index (χ3v) is 3.11. The molecular formula is C17H17N3O3. The first-order valence-electron chi connectivity index (χ1n) is 7.35. The van der Waals surface area contributed by atoms with E-state index in [-0.39, 0.29) is 12.7 Å². The molecule has 1 aromatic carbocycles. The van der Waals surface area contributed by atoms with Crippen LogP contribution >= 0.6 is 0 Å². The van der Waals surface area contributed by atoms with Crippen molar-refractivity contribution >= 4 is 17.0 Å². The number of H-pyrrole nitrogens is 1. The van der Waals surface area contributed by atoms with Gasteiger partial charge in [-0.3, -0.25) is 0 Å². The van der Waals surface area contributed by atoms with Gasteiger partial charge in [-0.05, 0) is 32.0 Å². The van der Waals surface area contributed by atoms with Gasteiger partial charge in [0, 0.05) is 12.3 Å². The van der Waals surface area contributed by atoms with Crippen LogP contribution in [0, 0.1) is 0 Å². The summed E-state index contributed by atoms with van der Waals surface area (Å²) < 4.78 is 10.7. The maximum Gasteiger partial charge on any atom is 0.340 e. The minimum absolute atomic E-state index is 0.0355. The van der Waals surface area contributed by atoms with Crippen molar-refractivity contribution in [3.05, 3.63) is 54.0 Å². The molecule has 0 amide bonds. The largest absolute Gasteiger partial charge is 0.475 e. The highest BCUT2D eigenvalue weighted by molar-refractivity contribution is 5.89. The minimum atomic E-state index is -0.450. The van der Waals surface area contributed by atoms with Crippen molar-refractivity contribution in [2.75, 3.05) is 0 Å². The molecule has 0 aliphatic rings. The molecule has 0 bridgehead atoms. The highest BCUT2D eigenvalue weighted by Crippen LogP contribution is 2.13. The molecule has 0 spiro atoms. The molecule has 0 fully saturated rings. The zero-order valence-corrected chi connectivity index (χ0v) is 12.9. The van der Waals surface area contributed by atoms with Crippen LogP contribution in [0.2, 0.25) is 0 Å². The van der Waals surface area contributed by atoms with Crippen LogP contribution in [-0.4, -0.2) is 27.0 Å². The molecule has 118 valence electrons. The van der Waals surface area contributed by atoms with Crippen molar-refractivity contribution < 1.29 is 14.3 Å². The van der Waals surface area contributed by atoms with Crippen molar-refractivity contribution in [1.82, 2.24) is 15.0 Å². The second kappa shape index (κ2) is 6.48. The Kier molecular flexibility index (Phi) is 4.23. The number of carbonyl (C=O) groups excluding carboxylic acids is 1. The summed E-state index contributed by atoms with van der Waals surface area (Å²) in [7, 11) is 0. The van der Waals surface area contributed by atoms with Crippen molar-refractivity contribution in [2.24, 2.45) is 0 Å². The minimum Gasteiger partial charge on any atom is -0.475 e. The third-order valence-electron chi connectivity index (χ3n) is 3.11. The van der Waals surface area contributed by atoms with E-state index < -0.39 is 5.97 Å². The van der Waals surface area contributed by atoms with Gasteiger partial charge in [0.1, 0.15) is 12.4 Å². The first-order chi connectivity index (χ1) is 11.1. The van der Waals surface area contributed by atoms with Gasteiger partial charge < -0.3 is 14.5 Å². The molecule has 2 aromatic heterocycles. The number of benzene rings is 1. The Hall–Kier alpha value is -2.89. The monoisotopic (exact) mass is 311 g/mol. The molecule has 0 radical (unpaired) electrons. The van der Waals surface area contributed by atoms with E-state index in [4.69, 9.17) is 9.47 Å². The lowest BCUT2D eigenvalue weighted by Gasteiger charge is -2.08. The second-order valence-corrected chi connectivity index (χ2v) is 5.33. The van der Waals surface area contributed by atoms with Crippen LogP contribution in [0.1, 0.15) is 30.0 Å². The van der Waals surface area contributed by atoms with Gasteiger partial charge in [-0.25, -0.2) is 14.8 Å². The molecule has 3 rings (SSSR count). The molecule has 6 nitrogen and oxygen atoms in total. The Morgan fingerprint density at radius 2 is 2.04 bits per heavy atom. The molecule has 0 aliphatic carbocycles. The van der Waals surface area contributed by atoms with E-state index in [2.05, 4.69) is 15.0 Å². The van der Waals surface area contributed by atoms with Crippen molar-refractivity contribution in [2.45, 2.75) is 26.6 Å². The molecule has 0 atom stereocenters. The van der Waals surface area contributed by atoms with E-state index >= 15 is 0 Å². The molecule has 23 heavy (non-hydrogen) atoms. The number of hydrogen-bond donors (Lipinski definition) is 1. The number of imidazole rings is 1. The fourth-order valence-corrected chi connectivity index (χ4v) is 2.10. The summed E-state index contributed by atoms with van der Waals surface area (Å²) >= 11 is 0. The number of aromatic amines is 1. The van der Waals surface area contributed by atoms with Gasteiger partial charge in [0.05, 0.1) is 22.7 Å². The maximum absolute atomic E-state index is 12.0. The third kappa shape index (κ3) is 3.66. The average molecular weight is 311 g/mol. The second-order valence-electron chi connectivity index (χ2n) is 5.33. The smallest absolute Gasteiger partial charge is 0.340 e. The van der Waals surface area contributed by atoms with E-state index in [9.17, 15) is 4.79 Å². The summed E-state index contributed by atoms with van der Waals surface area (Å²) in [6.45, 7) is 3.91. The number of rotatable bonds is 5. The standard InChI is InChI=1S/C17H17N3O3/c1-11(2)23-16-8-7-12(9-18-16)17(21)22-10-15-19-13-5-3-4-6-14(13)20-15/h3-9,11H,10H2,1-2H3,(H,19,20). The van der Waals surface area contributed by atoms with E-state index in [1.54, 1.807) is 12.1 Å². The molecule has 2 heterocycles. The topological polar surface area (TPSA) is 77.1 Å². The predicted molar refractivity (Wildman–Crippen MR) is 85.2 cm³/mol. The van der Waals surface area contributed by atoms with E-state index in [0.29, 0.717) is 17.3 Å². The van der Waals surface area contributed by atoms with Gasteiger partial charge in [0.15, 0.2) is 0 Å². The molecule has 0 unspecified atom stereocenters. The molecule has 0 saturated carbocycles. The molecule has 6 heteroatoms. The molecule has 1 N–H and O–H groups in total. The number of pyridine rings is 1. The van der Waals surface area contributed by atoms with Gasteiger partial charge in [-0.2, -0.15) is 0 Å². The summed E-state index contributed by atoms with van der Waals surface area (Å²) in [5.74, 6) is 0.634. The maximum atomic E-state index is 12.0. The quantitative estimate of drug-likeness (QED) is 0.733. The number of hydrogen-bond acceptors (Lipinski definition) is 5. The lowest BCUT2D eigenvalue weighted by atomic mass is 10.3. The predicted octanol–water partition coefficient (Wildman–Crippen LogP) is 3.10. The van der Waals surface area contributed by atoms with E-state index in [1.807, 2.05) is 38.1 Å². The summed E-state index contributed by atoms with van der Waals surface area (Å²) in [5.41, 5.74) is 2.13. The Balaban J connectivity index is 1.62.